The van der Waals surface area contributed by atoms with E-state index in [1.807, 2.05) is 24.3 Å². The lowest BCUT2D eigenvalue weighted by Crippen LogP contribution is -2.32. The van der Waals surface area contributed by atoms with Gasteiger partial charge >= 0.3 is 0 Å². The van der Waals surface area contributed by atoms with Crippen LogP contribution in [0.1, 0.15) is 31.7 Å². The van der Waals surface area contributed by atoms with Crippen LogP contribution >= 0.6 is 0 Å². The maximum Gasteiger partial charge on any atom is 0.238 e. The summed E-state index contributed by atoms with van der Waals surface area (Å²) in [5, 5.41) is 0. The van der Waals surface area contributed by atoms with Crippen LogP contribution in [0.2, 0.25) is 0 Å². The van der Waals surface area contributed by atoms with E-state index in [1.54, 1.807) is 0 Å². The van der Waals surface area contributed by atoms with Crippen molar-refractivity contribution in [1.29, 1.82) is 0 Å². The van der Waals surface area contributed by atoms with Crippen molar-refractivity contribution in [3.63, 3.8) is 0 Å². The lowest BCUT2D eigenvalue weighted by molar-refractivity contribution is -0.123. The maximum absolute atomic E-state index is 12.7. The first-order valence-electron chi connectivity index (χ1n) is 7.74. The predicted octanol–water partition coefficient (Wildman–Crippen LogP) is 3.12. The summed E-state index contributed by atoms with van der Waals surface area (Å²) in [4.78, 5) is 26.8. The molecular formula is C18H19NO2. The molecule has 2 bridgehead atoms. The Hall–Kier alpha value is -1.90. The van der Waals surface area contributed by atoms with E-state index in [4.69, 9.17) is 0 Å². The van der Waals surface area contributed by atoms with E-state index in [9.17, 15) is 9.59 Å². The first-order valence-corrected chi connectivity index (χ1v) is 7.74. The third-order valence-corrected chi connectivity index (χ3v) is 5.29. The zero-order valence-corrected chi connectivity index (χ0v) is 12.3. The largest absolute Gasteiger partial charge is 0.274 e. The number of hydrogen-bond donors (Lipinski definition) is 0. The second-order valence-corrected chi connectivity index (χ2v) is 6.76. The van der Waals surface area contributed by atoms with Gasteiger partial charge in [-0.3, -0.25) is 14.5 Å². The van der Waals surface area contributed by atoms with Gasteiger partial charge < -0.3 is 0 Å². The van der Waals surface area contributed by atoms with Crippen LogP contribution in [0, 0.1) is 23.7 Å². The Labute approximate surface area is 124 Å². The topological polar surface area (TPSA) is 37.4 Å². The summed E-state index contributed by atoms with van der Waals surface area (Å²) in [5.41, 5.74) is 1.95. The minimum atomic E-state index is -0.114. The summed E-state index contributed by atoms with van der Waals surface area (Å²) in [7, 11) is 0. The molecule has 1 aromatic rings. The molecule has 2 amide bonds. The molecule has 4 atom stereocenters. The lowest BCUT2D eigenvalue weighted by atomic mass is 9.85. The van der Waals surface area contributed by atoms with Crippen LogP contribution < -0.4 is 4.90 Å². The molecule has 3 aliphatic rings. The molecule has 1 saturated heterocycles. The van der Waals surface area contributed by atoms with Crippen molar-refractivity contribution >= 4 is 17.5 Å². The molecule has 3 heteroatoms. The van der Waals surface area contributed by atoms with Gasteiger partial charge in [-0.25, -0.2) is 0 Å². The highest BCUT2D eigenvalue weighted by atomic mass is 16.2. The molecule has 0 unspecified atom stereocenters. The number of benzene rings is 1. The average molecular weight is 281 g/mol. The van der Waals surface area contributed by atoms with Crippen molar-refractivity contribution in [2.45, 2.75) is 26.2 Å². The Bertz CT molecular complexity index is 614. The van der Waals surface area contributed by atoms with Crippen molar-refractivity contribution in [2.24, 2.45) is 23.7 Å². The number of amides is 2. The van der Waals surface area contributed by atoms with Gasteiger partial charge in [0.05, 0.1) is 17.5 Å². The fourth-order valence-corrected chi connectivity index (χ4v) is 4.17. The van der Waals surface area contributed by atoms with Crippen LogP contribution in [-0.2, 0) is 9.59 Å². The van der Waals surface area contributed by atoms with Crippen LogP contribution in [0.4, 0.5) is 5.69 Å². The standard InChI is InChI=1S/C18H19NO2/c1-10(2)11-5-7-14(8-6-11)19-17(20)15-12-3-4-13(9-12)16(15)18(19)21/h3-8,10,12-13,15-16H,9H2,1-2H3/t12-,13-,15+,16+/m1/s1. The molecule has 0 spiro atoms. The summed E-state index contributed by atoms with van der Waals surface area (Å²) in [6.07, 6.45) is 5.23. The van der Waals surface area contributed by atoms with Crippen molar-refractivity contribution in [3.8, 4) is 0 Å². The molecule has 21 heavy (non-hydrogen) atoms. The number of fused-ring (bicyclic) bond motifs is 5. The molecular weight excluding hydrogens is 262 g/mol. The highest BCUT2D eigenvalue weighted by Gasteiger charge is 2.59. The zero-order valence-electron chi connectivity index (χ0n) is 12.3. The maximum atomic E-state index is 12.7. The molecule has 4 rings (SSSR count). The van der Waals surface area contributed by atoms with Gasteiger partial charge in [0.15, 0.2) is 0 Å². The summed E-state index contributed by atoms with van der Waals surface area (Å²) >= 11 is 0. The monoisotopic (exact) mass is 281 g/mol. The van der Waals surface area contributed by atoms with Crippen LogP contribution in [0.15, 0.2) is 36.4 Å². The Morgan fingerprint density at radius 2 is 1.48 bits per heavy atom. The molecule has 1 aliphatic heterocycles. The van der Waals surface area contributed by atoms with E-state index in [1.165, 1.54) is 10.5 Å². The number of imide groups is 1. The van der Waals surface area contributed by atoms with Crippen LogP contribution in [0.3, 0.4) is 0 Å². The smallest absolute Gasteiger partial charge is 0.238 e. The number of carbonyl (C=O) groups excluding carboxylic acids is 2. The van der Waals surface area contributed by atoms with E-state index in [-0.39, 0.29) is 35.5 Å². The Morgan fingerprint density at radius 1 is 0.952 bits per heavy atom. The van der Waals surface area contributed by atoms with E-state index in [0.717, 1.165) is 12.1 Å². The molecule has 0 radical (unpaired) electrons. The molecule has 108 valence electrons. The minimum absolute atomic E-state index is 0.000790. The Kier molecular flexibility index (Phi) is 2.62. The quantitative estimate of drug-likeness (QED) is 0.617. The first-order chi connectivity index (χ1) is 10.1. The van der Waals surface area contributed by atoms with E-state index in [0.29, 0.717) is 5.92 Å². The third kappa shape index (κ3) is 1.66. The van der Waals surface area contributed by atoms with Gasteiger partial charge in [-0.1, -0.05) is 38.1 Å². The van der Waals surface area contributed by atoms with Gasteiger partial charge in [-0.15, -0.1) is 0 Å². The molecule has 1 heterocycles. The molecule has 2 fully saturated rings. The number of hydrogen-bond acceptors (Lipinski definition) is 2. The van der Waals surface area contributed by atoms with Crippen LogP contribution in [0.25, 0.3) is 0 Å². The van der Waals surface area contributed by atoms with E-state index in [2.05, 4.69) is 26.0 Å². The van der Waals surface area contributed by atoms with Gasteiger partial charge in [0.25, 0.3) is 0 Å². The second-order valence-electron chi connectivity index (χ2n) is 6.76. The summed E-state index contributed by atoms with van der Waals surface area (Å²) in [6, 6.07) is 7.84. The Balaban J connectivity index is 1.68. The number of allylic oxidation sites excluding steroid dienone is 2. The molecule has 1 saturated carbocycles. The lowest BCUT2D eigenvalue weighted by Gasteiger charge is -2.18. The molecule has 1 aromatic carbocycles. The number of anilines is 1. The normalized spacial score (nSPS) is 33.4. The zero-order chi connectivity index (χ0) is 14.7. The number of carbonyl (C=O) groups is 2. The van der Waals surface area contributed by atoms with E-state index >= 15 is 0 Å². The highest BCUT2D eigenvalue weighted by molar-refractivity contribution is 6.22. The van der Waals surface area contributed by atoms with Crippen LogP contribution in [-0.4, -0.2) is 11.8 Å². The van der Waals surface area contributed by atoms with Gasteiger partial charge in [0, 0.05) is 0 Å². The average Bonchev–Trinajstić information content (AvgIpc) is 3.13. The first kappa shape index (κ1) is 12.8. The van der Waals surface area contributed by atoms with Crippen LogP contribution in [0.5, 0.6) is 0 Å². The minimum Gasteiger partial charge on any atom is -0.274 e. The number of nitrogens with zero attached hydrogens (tertiary/aromatic N) is 1. The summed E-state index contributed by atoms with van der Waals surface area (Å²) in [6.45, 7) is 4.27. The Morgan fingerprint density at radius 3 is 1.95 bits per heavy atom. The predicted molar refractivity (Wildman–Crippen MR) is 80.7 cm³/mol. The molecule has 0 N–H and O–H groups in total. The van der Waals surface area contributed by atoms with Crippen molar-refractivity contribution < 1.29 is 9.59 Å². The van der Waals surface area contributed by atoms with Gasteiger partial charge in [0.1, 0.15) is 0 Å². The van der Waals surface area contributed by atoms with Gasteiger partial charge in [0.2, 0.25) is 11.8 Å². The third-order valence-electron chi connectivity index (χ3n) is 5.29. The summed E-state index contributed by atoms with van der Waals surface area (Å²) in [5.74, 6) is 0.768. The summed E-state index contributed by atoms with van der Waals surface area (Å²) < 4.78 is 0. The number of rotatable bonds is 2. The van der Waals surface area contributed by atoms with Gasteiger partial charge in [-0.05, 0) is 41.9 Å². The second kappa shape index (κ2) is 4.30. The molecule has 0 aromatic heterocycles. The van der Waals surface area contributed by atoms with Crippen molar-refractivity contribution in [1.82, 2.24) is 0 Å². The van der Waals surface area contributed by atoms with Crippen molar-refractivity contribution in [2.75, 3.05) is 4.90 Å². The fraction of sp³-hybridized carbons (Fsp3) is 0.444. The van der Waals surface area contributed by atoms with Crippen molar-refractivity contribution in [3.05, 3.63) is 42.0 Å². The fourth-order valence-electron chi connectivity index (χ4n) is 4.17. The van der Waals surface area contributed by atoms with E-state index < -0.39 is 0 Å². The molecule has 2 aliphatic carbocycles. The van der Waals surface area contributed by atoms with Gasteiger partial charge in [-0.2, -0.15) is 0 Å². The molecule has 3 nitrogen and oxygen atoms in total. The highest BCUT2D eigenvalue weighted by Crippen LogP contribution is 2.53. The SMILES string of the molecule is CC(C)c1ccc(N2C(=O)[C@@H]3[C@@H](C2=O)[C@@H]2C=C[C@@H]3C2)cc1.